The van der Waals surface area contributed by atoms with Gasteiger partial charge in [-0.1, -0.05) is 29.3 Å². The van der Waals surface area contributed by atoms with Gasteiger partial charge < -0.3 is 15.7 Å². The number of nitriles is 2. The van der Waals surface area contributed by atoms with Crippen molar-refractivity contribution >= 4 is 40.5 Å². The molecule has 23 heavy (non-hydrogen) atoms. The summed E-state index contributed by atoms with van der Waals surface area (Å²) in [7, 11) is 0. The van der Waals surface area contributed by atoms with E-state index in [2.05, 4.69) is 15.6 Å². The molecule has 2 aromatic rings. The quantitative estimate of drug-likeness (QED) is 0.331. The highest BCUT2D eigenvalue weighted by molar-refractivity contribution is 6.44. The molecule has 0 bridgehead atoms. The molecule has 0 saturated heterocycles. The Morgan fingerprint density at radius 3 is 2.48 bits per heavy atom. The van der Waals surface area contributed by atoms with Crippen LogP contribution >= 0.6 is 23.2 Å². The van der Waals surface area contributed by atoms with Gasteiger partial charge in [-0.25, -0.2) is 0 Å². The summed E-state index contributed by atoms with van der Waals surface area (Å²) >= 11 is 12.0. The smallest absolute Gasteiger partial charge is 0.216 e. The number of rotatable bonds is 2. The second-order valence-electron chi connectivity index (χ2n) is 4.26. The van der Waals surface area contributed by atoms with Crippen LogP contribution in [0.25, 0.3) is 0 Å². The van der Waals surface area contributed by atoms with Crippen LogP contribution in [0.4, 0.5) is 11.4 Å². The molecule has 3 N–H and O–H groups in total. The number of nitrogens with zero attached hydrogens (tertiary/aromatic N) is 3. The standard InChI is InChI=1S/C15H9Cl2N5O/c16-10-2-1-3-12(14(10)17)22-15(20-8-19)21-11-5-4-9(7-18)6-13(11)23/h1-6,23H,(H2,20,21,22). The van der Waals surface area contributed by atoms with Gasteiger partial charge in [-0.05, 0) is 30.3 Å². The number of aromatic hydroxyl groups is 1. The van der Waals surface area contributed by atoms with Gasteiger partial charge in [-0.2, -0.15) is 10.5 Å². The van der Waals surface area contributed by atoms with Gasteiger partial charge in [0.05, 0.1) is 33.1 Å². The van der Waals surface area contributed by atoms with Crippen molar-refractivity contribution in [3.8, 4) is 18.0 Å². The maximum Gasteiger partial charge on any atom is 0.216 e. The fourth-order valence-electron chi connectivity index (χ4n) is 1.70. The minimum absolute atomic E-state index is 0.0386. The van der Waals surface area contributed by atoms with Gasteiger partial charge in [0.2, 0.25) is 12.2 Å². The lowest BCUT2D eigenvalue weighted by molar-refractivity contribution is 0.477. The Morgan fingerprint density at radius 2 is 1.83 bits per heavy atom. The summed E-state index contributed by atoms with van der Waals surface area (Å²) < 4.78 is 0. The molecule has 2 aromatic carbocycles. The number of anilines is 2. The minimum atomic E-state index is -0.159. The van der Waals surface area contributed by atoms with Crippen molar-refractivity contribution in [3.05, 3.63) is 52.0 Å². The predicted molar refractivity (Wildman–Crippen MR) is 89.6 cm³/mol. The minimum Gasteiger partial charge on any atom is -0.506 e. The lowest BCUT2D eigenvalue weighted by Crippen LogP contribution is -2.22. The van der Waals surface area contributed by atoms with E-state index in [1.54, 1.807) is 24.4 Å². The first-order valence-corrected chi connectivity index (χ1v) is 6.98. The van der Waals surface area contributed by atoms with E-state index < -0.39 is 0 Å². The molecule has 0 aliphatic heterocycles. The molecule has 0 saturated carbocycles. The van der Waals surface area contributed by atoms with E-state index >= 15 is 0 Å². The number of nitrogens with one attached hydrogen (secondary N) is 2. The first-order chi connectivity index (χ1) is 11.0. The maximum absolute atomic E-state index is 9.88. The molecule has 0 atom stereocenters. The number of benzene rings is 2. The van der Waals surface area contributed by atoms with Crippen LogP contribution in [0.1, 0.15) is 5.56 Å². The van der Waals surface area contributed by atoms with Gasteiger partial charge in [0.15, 0.2) is 0 Å². The van der Waals surface area contributed by atoms with Crippen molar-refractivity contribution in [1.29, 1.82) is 10.5 Å². The summed E-state index contributed by atoms with van der Waals surface area (Å²) in [5.41, 5.74) is 1.01. The van der Waals surface area contributed by atoms with E-state index in [4.69, 9.17) is 33.7 Å². The predicted octanol–water partition coefficient (Wildman–Crippen LogP) is 3.93. The number of guanidine groups is 1. The second-order valence-corrected chi connectivity index (χ2v) is 5.04. The van der Waals surface area contributed by atoms with E-state index in [0.29, 0.717) is 16.3 Å². The molecule has 8 heteroatoms. The lowest BCUT2D eigenvalue weighted by Gasteiger charge is -2.13. The van der Waals surface area contributed by atoms with Gasteiger partial charge >= 0.3 is 0 Å². The summed E-state index contributed by atoms with van der Waals surface area (Å²) in [6.07, 6.45) is 1.64. The SMILES string of the molecule is N#CN=C(Nc1ccc(C#N)cc1O)Nc1cccc(Cl)c1Cl. The average molecular weight is 346 g/mol. The van der Waals surface area contributed by atoms with Gasteiger partial charge in [0, 0.05) is 0 Å². The number of phenols is 1. The largest absolute Gasteiger partial charge is 0.506 e. The van der Waals surface area contributed by atoms with Crippen molar-refractivity contribution in [1.82, 2.24) is 0 Å². The Kier molecular flexibility index (Phi) is 5.27. The molecule has 0 aliphatic rings. The Bertz CT molecular complexity index is 852. The molecule has 0 unspecified atom stereocenters. The van der Waals surface area contributed by atoms with Crippen LogP contribution in [0.3, 0.4) is 0 Å². The Hall–Kier alpha value is -2.93. The van der Waals surface area contributed by atoms with Crippen molar-refractivity contribution in [2.75, 3.05) is 10.6 Å². The fraction of sp³-hybridized carbons (Fsp3) is 0. The van der Waals surface area contributed by atoms with Crippen LogP contribution in [0.15, 0.2) is 41.4 Å². The topological polar surface area (TPSA) is 104 Å². The zero-order valence-electron chi connectivity index (χ0n) is 11.5. The molecule has 0 aromatic heterocycles. The normalized spacial score (nSPS) is 10.5. The summed E-state index contributed by atoms with van der Waals surface area (Å²) in [4.78, 5) is 3.59. The number of halogens is 2. The molecule has 2 rings (SSSR count). The van der Waals surface area contributed by atoms with E-state index in [1.165, 1.54) is 18.2 Å². The summed E-state index contributed by atoms with van der Waals surface area (Å²) in [5, 5.41) is 33.6. The highest BCUT2D eigenvalue weighted by atomic mass is 35.5. The molecular weight excluding hydrogens is 337 g/mol. The van der Waals surface area contributed by atoms with Crippen LogP contribution in [0, 0.1) is 22.8 Å². The van der Waals surface area contributed by atoms with Crippen molar-refractivity contribution in [2.24, 2.45) is 4.99 Å². The van der Waals surface area contributed by atoms with E-state index in [1.807, 2.05) is 6.07 Å². The highest BCUT2D eigenvalue weighted by Crippen LogP contribution is 2.30. The van der Waals surface area contributed by atoms with Crippen LogP contribution in [0.5, 0.6) is 5.75 Å². The van der Waals surface area contributed by atoms with Crippen LogP contribution in [-0.2, 0) is 0 Å². The zero-order valence-corrected chi connectivity index (χ0v) is 13.0. The Morgan fingerprint density at radius 1 is 1.09 bits per heavy atom. The molecule has 0 amide bonds. The van der Waals surface area contributed by atoms with E-state index in [-0.39, 0.29) is 22.4 Å². The highest BCUT2D eigenvalue weighted by Gasteiger charge is 2.10. The van der Waals surface area contributed by atoms with Crippen LogP contribution in [0.2, 0.25) is 10.0 Å². The van der Waals surface area contributed by atoms with Crippen molar-refractivity contribution in [3.63, 3.8) is 0 Å². The molecular formula is C15H9Cl2N5O. The average Bonchev–Trinajstić information content (AvgIpc) is 2.54. The lowest BCUT2D eigenvalue weighted by atomic mass is 10.2. The third-order valence-corrected chi connectivity index (χ3v) is 3.57. The van der Waals surface area contributed by atoms with Crippen molar-refractivity contribution < 1.29 is 5.11 Å². The third-order valence-electron chi connectivity index (χ3n) is 2.75. The maximum atomic E-state index is 9.88. The molecule has 6 nitrogen and oxygen atoms in total. The van der Waals surface area contributed by atoms with Crippen LogP contribution < -0.4 is 10.6 Å². The van der Waals surface area contributed by atoms with Gasteiger partial charge in [-0.15, -0.1) is 4.99 Å². The number of hydrogen-bond donors (Lipinski definition) is 3. The number of phenolic OH excluding ortho intramolecular Hbond substituents is 1. The molecule has 0 fully saturated rings. The van der Waals surface area contributed by atoms with Gasteiger partial charge in [0.25, 0.3) is 0 Å². The monoisotopic (exact) mass is 345 g/mol. The Labute approximate surface area is 142 Å². The molecule has 0 heterocycles. The molecule has 0 spiro atoms. The third kappa shape index (κ3) is 4.04. The number of hydrogen-bond acceptors (Lipinski definition) is 4. The molecule has 114 valence electrons. The van der Waals surface area contributed by atoms with E-state index in [9.17, 15) is 5.11 Å². The van der Waals surface area contributed by atoms with Gasteiger partial charge in [-0.3, -0.25) is 0 Å². The zero-order chi connectivity index (χ0) is 16.8. The van der Waals surface area contributed by atoms with Crippen molar-refractivity contribution in [2.45, 2.75) is 0 Å². The summed E-state index contributed by atoms with van der Waals surface area (Å²) in [6, 6.07) is 11.2. The summed E-state index contributed by atoms with van der Waals surface area (Å²) in [5.74, 6) is -0.120. The molecule has 0 radical (unpaired) electrons. The molecule has 0 aliphatic carbocycles. The fourth-order valence-corrected chi connectivity index (χ4v) is 2.05. The van der Waals surface area contributed by atoms with Gasteiger partial charge in [0.1, 0.15) is 5.75 Å². The van der Waals surface area contributed by atoms with Crippen LogP contribution in [-0.4, -0.2) is 11.1 Å². The Balaban J connectivity index is 2.27. The second kappa shape index (κ2) is 7.37. The first kappa shape index (κ1) is 16.4. The van der Waals surface area contributed by atoms with E-state index in [0.717, 1.165) is 0 Å². The first-order valence-electron chi connectivity index (χ1n) is 6.23. The number of aliphatic imine (C=N–C) groups is 1. The summed E-state index contributed by atoms with van der Waals surface area (Å²) in [6.45, 7) is 0.